The summed E-state index contributed by atoms with van der Waals surface area (Å²) in [5.41, 5.74) is 1.09. The third-order valence-electron chi connectivity index (χ3n) is 5.85. The maximum Gasteiger partial charge on any atom is 0.416 e. The van der Waals surface area contributed by atoms with E-state index in [2.05, 4.69) is 15.3 Å². The summed E-state index contributed by atoms with van der Waals surface area (Å²) in [6.45, 7) is 0.113. The molecule has 4 rings (SSSR count). The molecule has 8 nitrogen and oxygen atoms in total. The smallest absolute Gasteiger partial charge is 0.416 e. The molecule has 1 saturated heterocycles. The number of aliphatic imine (C=N–C) groups is 1. The van der Waals surface area contributed by atoms with Gasteiger partial charge in [-0.3, -0.25) is 4.79 Å². The number of rotatable bonds is 3. The highest BCUT2D eigenvalue weighted by Crippen LogP contribution is 2.54. The number of pyridine rings is 1. The minimum Gasteiger partial charge on any atom is -0.454 e. The molecule has 1 fully saturated rings. The van der Waals surface area contributed by atoms with E-state index in [1.165, 1.54) is 37.4 Å². The molecule has 172 valence electrons. The number of nitriles is 1. The second-order valence-corrected chi connectivity index (χ2v) is 7.84. The molecule has 1 aromatic carbocycles. The Hall–Kier alpha value is -3.72. The van der Waals surface area contributed by atoms with Crippen molar-refractivity contribution in [2.75, 3.05) is 18.5 Å². The quantitative estimate of drug-likeness (QED) is 0.675. The number of amidine groups is 1. The number of carbonyl (C=O) groups is 1. The first-order valence-electron chi connectivity index (χ1n) is 9.66. The van der Waals surface area contributed by atoms with Gasteiger partial charge < -0.3 is 20.5 Å². The molecule has 0 bridgehead atoms. The number of hydrogen-bond donors (Lipinski definition) is 2. The summed E-state index contributed by atoms with van der Waals surface area (Å²) in [6.07, 6.45) is -3.62. The van der Waals surface area contributed by atoms with Gasteiger partial charge in [-0.15, -0.1) is 0 Å². The van der Waals surface area contributed by atoms with Crippen molar-refractivity contribution in [3.63, 3.8) is 0 Å². The Morgan fingerprint density at radius 3 is 2.73 bits per heavy atom. The molecule has 33 heavy (non-hydrogen) atoms. The van der Waals surface area contributed by atoms with E-state index < -0.39 is 54.2 Å². The summed E-state index contributed by atoms with van der Waals surface area (Å²) in [6, 6.07) is 7.27. The molecule has 1 amide bonds. The molecule has 0 aliphatic carbocycles. The van der Waals surface area contributed by atoms with Crippen molar-refractivity contribution in [1.29, 1.82) is 5.26 Å². The van der Waals surface area contributed by atoms with Crippen LogP contribution in [0.15, 0.2) is 41.5 Å². The standard InChI is InChI=1S/C21H17F4N5O3/c1-19(16-9-32-10-20(16,21(23,24)25)30-18(27)33-19)13-6-12(3-4-14(13)22)29-17(31)15-5-2-11(7-26)8-28-15/h2-6,8,16H,9-10H2,1H3,(H2,27,30)(H,29,31). The van der Waals surface area contributed by atoms with E-state index in [0.717, 1.165) is 6.07 Å². The van der Waals surface area contributed by atoms with Crippen LogP contribution in [0.1, 0.15) is 28.5 Å². The molecule has 12 heteroatoms. The second-order valence-electron chi connectivity index (χ2n) is 7.84. The summed E-state index contributed by atoms with van der Waals surface area (Å²) in [7, 11) is 0. The number of halogens is 4. The third kappa shape index (κ3) is 3.64. The van der Waals surface area contributed by atoms with Crippen LogP contribution in [-0.2, 0) is 15.1 Å². The molecule has 3 N–H and O–H groups in total. The van der Waals surface area contributed by atoms with Gasteiger partial charge in [-0.2, -0.15) is 18.4 Å². The van der Waals surface area contributed by atoms with Gasteiger partial charge in [0.2, 0.25) is 0 Å². The maximum atomic E-state index is 14.9. The van der Waals surface area contributed by atoms with Gasteiger partial charge in [0.05, 0.1) is 24.7 Å². The summed E-state index contributed by atoms with van der Waals surface area (Å²) in [5.74, 6) is -2.95. The number of aromatic nitrogens is 1. The number of alkyl halides is 3. The SMILES string of the molecule is CC1(c2cc(NC(=O)c3ccc(C#N)cn3)ccc2F)OC(N)=NC2(C(F)(F)F)COCC12. The van der Waals surface area contributed by atoms with Crippen molar-refractivity contribution < 1.29 is 31.8 Å². The molecule has 2 aliphatic rings. The van der Waals surface area contributed by atoms with Crippen LogP contribution in [0.4, 0.5) is 23.2 Å². The Bertz CT molecular complexity index is 1180. The molecule has 2 aromatic rings. The van der Waals surface area contributed by atoms with Crippen LogP contribution < -0.4 is 11.1 Å². The summed E-state index contributed by atoms with van der Waals surface area (Å²) in [4.78, 5) is 19.9. The second kappa shape index (κ2) is 7.70. The van der Waals surface area contributed by atoms with E-state index in [4.69, 9.17) is 20.5 Å². The first-order chi connectivity index (χ1) is 15.5. The van der Waals surface area contributed by atoms with Gasteiger partial charge in [0.1, 0.15) is 23.2 Å². The Balaban J connectivity index is 1.71. The van der Waals surface area contributed by atoms with Crippen LogP contribution in [0, 0.1) is 23.1 Å². The van der Waals surface area contributed by atoms with Gasteiger partial charge in [0.15, 0.2) is 5.54 Å². The van der Waals surface area contributed by atoms with Gasteiger partial charge in [0.25, 0.3) is 11.9 Å². The summed E-state index contributed by atoms with van der Waals surface area (Å²) >= 11 is 0. The Kier molecular flexibility index (Phi) is 5.24. The molecule has 0 radical (unpaired) electrons. The van der Waals surface area contributed by atoms with Crippen LogP contribution in [0.3, 0.4) is 0 Å². The van der Waals surface area contributed by atoms with E-state index in [9.17, 15) is 22.4 Å². The Morgan fingerprint density at radius 1 is 1.33 bits per heavy atom. The molecular formula is C21H17F4N5O3. The zero-order valence-corrected chi connectivity index (χ0v) is 17.1. The first-order valence-corrected chi connectivity index (χ1v) is 9.66. The number of anilines is 1. The van der Waals surface area contributed by atoms with Gasteiger partial charge in [-0.1, -0.05) is 0 Å². The van der Waals surface area contributed by atoms with E-state index in [1.807, 2.05) is 6.07 Å². The maximum absolute atomic E-state index is 14.9. The minimum atomic E-state index is -4.83. The lowest BCUT2D eigenvalue weighted by atomic mass is 9.71. The van der Waals surface area contributed by atoms with Crippen molar-refractivity contribution in [2.45, 2.75) is 24.2 Å². The van der Waals surface area contributed by atoms with E-state index in [-0.39, 0.29) is 22.5 Å². The Morgan fingerprint density at radius 2 is 2.09 bits per heavy atom. The number of hydrogen-bond acceptors (Lipinski definition) is 7. The molecule has 1 aromatic heterocycles. The van der Waals surface area contributed by atoms with Crippen LogP contribution in [-0.4, -0.2) is 41.8 Å². The van der Waals surface area contributed by atoms with Crippen molar-refractivity contribution in [3.8, 4) is 6.07 Å². The highest BCUT2D eigenvalue weighted by Gasteiger charge is 2.70. The molecule has 3 atom stereocenters. The lowest BCUT2D eigenvalue weighted by Crippen LogP contribution is -2.61. The predicted octanol–water partition coefficient (Wildman–Crippen LogP) is 2.85. The number of nitrogens with zero attached hydrogens (tertiary/aromatic N) is 3. The fourth-order valence-electron chi connectivity index (χ4n) is 4.16. The number of nitrogens with one attached hydrogen (secondary N) is 1. The third-order valence-corrected chi connectivity index (χ3v) is 5.85. The largest absolute Gasteiger partial charge is 0.454 e. The predicted molar refractivity (Wildman–Crippen MR) is 106 cm³/mol. The highest BCUT2D eigenvalue weighted by atomic mass is 19.4. The highest BCUT2D eigenvalue weighted by molar-refractivity contribution is 6.02. The Labute approximate surface area is 185 Å². The van der Waals surface area contributed by atoms with Gasteiger partial charge in [-0.05, 0) is 37.3 Å². The zero-order chi connectivity index (χ0) is 24.0. The van der Waals surface area contributed by atoms with E-state index in [1.54, 1.807) is 0 Å². The number of fused-ring (bicyclic) bond motifs is 1. The van der Waals surface area contributed by atoms with Gasteiger partial charge in [0, 0.05) is 17.4 Å². The number of ether oxygens (including phenoxy) is 2. The number of carbonyl (C=O) groups excluding carboxylic acids is 1. The fraction of sp³-hybridized carbons (Fsp3) is 0.333. The number of amides is 1. The average Bonchev–Trinajstić information content (AvgIpc) is 3.21. The molecular weight excluding hydrogens is 446 g/mol. The molecule has 2 aliphatic heterocycles. The first kappa shape index (κ1) is 22.5. The number of nitrogens with two attached hydrogens (primary N) is 1. The normalized spacial score (nSPS) is 26.5. The van der Waals surface area contributed by atoms with Crippen molar-refractivity contribution in [1.82, 2.24) is 4.98 Å². The molecule has 0 saturated carbocycles. The molecule has 0 spiro atoms. The van der Waals surface area contributed by atoms with Crippen molar-refractivity contribution >= 4 is 17.6 Å². The topological polar surface area (TPSA) is 123 Å². The van der Waals surface area contributed by atoms with E-state index >= 15 is 0 Å². The van der Waals surface area contributed by atoms with Crippen molar-refractivity contribution in [2.24, 2.45) is 16.6 Å². The van der Waals surface area contributed by atoms with Crippen LogP contribution in [0.5, 0.6) is 0 Å². The minimum absolute atomic E-state index is 0.0170. The lowest BCUT2D eigenvalue weighted by Gasteiger charge is -2.46. The molecule has 3 unspecified atom stereocenters. The molecule has 3 heterocycles. The fourth-order valence-corrected chi connectivity index (χ4v) is 4.16. The van der Waals surface area contributed by atoms with Crippen LogP contribution in [0.2, 0.25) is 0 Å². The lowest BCUT2D eigenvalue weighted by molar-refractivity contribution is -0.216. The zero-order valence-electron chi connectivity index (χ0n) is 17.1. The monoisotopic (exact) mass is 463 g/mol. The summed E-state index contributed by atoms with van der Waals surface area (Å²) in [5, 5.41) is 11.3. The summed E-state index contributed by atoms with van der Waals surface area (Å²) < 4.78 is 67.6. The van der Waals surface area contributed by atoms with Crippen molar-refractivity contribution in [3.05, 3.63) is 59.2 Å². The number of benzene rings is 1. The average molecular weight is 463 g/mol. The van der Waals surface area contributed by atoms with E-state index in [0.29, 0.717) is 0 Å². The van der Waals surface area contributed by atoms with Crippen LogP contribution >= 0.6 is 0 Å². The van der Waals surface area contributed by atoms with Gasteiger partial charge in [-0.25, -0.2) is 14.4 Å². The van der Waals surface area contributed by atoms with Crippen LogP contribution in [0.25, 0.3) is 0 Å². The van der Waals surface area contributed by atoms with Gasteiger partial charge >= 0.3 is 6.18 Å².